The molecule has 2 aromatic carbocycles. The van der Waals surface area contributed by atoms with Gasteiger partial charge in [0.05, 0.1) is 12.8 Å². The highest BCUT2D eigenvalue weighted by molar-refractivity contribution is 6.05. The molecule has 2 aromatic rings. The summed E-state index contributed by atoms with van der Waals surface area (Å²) >= 11 is 0. The van der Waals surface area contributed by atoms with Crippen LogP contribution in [0.4, 0.5) is 11.4 Å². The van der Waals surface area contributed by atoms with Crippen molar-refractivity contribution in [1.29, 1.82) is 0 Å². The summed E-state index contributed by atoms with van der Waals surface area (Å²) < 4.78 is 10.3. The van der Waals surface area contributed by atoms with Crippen molar-refractivity contribution < 1.29 is 23.9 Å². The summed E-state index contributed by atoms with van der Waals surface area (Å²) in [5.41, 5.74) is 1.52. The van der Waals surface area contributed by atoms with Crippen LogP contribution in [-0.4, -0.2) is 31.5 Å². The van der Waals surface area contributed by atoms with Crippen molar-refractivity contribution in [2.45, 2.75) is 44.9 Å². The molecule has 0 aromatic heterocycles. The molecule has 0 saturated heterocycles. The molecule has 0 heterocycles. The third kappa shape index (κ3) is 7.11. The molecule has 3 rings (SSSR count). The molecule has 1 saturated carbocycles. The second-order valence-electron chi connectivity index (χ2n) is 7.98. The molecule has 7 nitrogen and oxygen atoms in total. The molecular weight excluding hydrogens is 408 g/mol. The number of hydrogen-bond donors (Lipinski definition) is 2. The van der Waals surface area contributed by atoms with E-state index in [1.54, 1.807) is 42.5 Å². The van der Waals surface area contributed by atoms with E-state index in [-0.39, 0.29) is 18.5 Å². The van der Waals surface area contributed by atoms with E-state index >= 15 is 0 Å². The van der Waals surface area contributed by atoms with E-state index in [4.69, 9.17) is 9.47 Å². The predicted octanol–water partition coefficient (Wildman–Crippen LogP) is 4.79. The molecule has 2 N–H and O–H groups in total. The minimum atomic E-state index is -0.415. The standard InChI is InChI=1S/C25H30N2O5/c1-31-22-10-6-5-9-21(22)27-25(30)19-12-14-20(15-13-19)26-23(28)17-32-24(29)16-11-18-7-3-2-4-8-18/h5-6,9-10,12-15,18H,2-4,7-8,11,16-17H2,1H3,(H,26,28)(H,27,30). The Balaban J connectivity index is 1.41. The van der Waals surface area contributed by atoms with Gasteiger partial charge in [-0.2, -0.15) is 0 Å². The van der Waals surface area contributed by atoms with Gasteiger partial charge in [0.2, 0.25) is 0 Å². The van der Waals surface area contributed by atoms with E-state index in [9.17, 15) is 14.4 Å². The van der Waals surface area contributed by atoms with Gasteiger partial charge in [-0.15, -0.1) is 0 Å². The van der Waals surface area contributed by atoms with Gasteiger partial charge >= 0.3 is 5.97 Å². The number of ether oxygens (including phenoxy) is 2. The SMILES string of the molecule is COc1ccccc1NC(=O)c1ccc(NC(=O)COC(=O)CCC2CCCCC2)cc1. The molecule has 0 radical (unpaired) electrons. The van der Waals surface area contributed by atoms with Gasteiger partial charge in [0, 0.05) is 17.7 Å². The Morgan fingerprint density at radius 2 is 1.66 bits per heavy atom. The Bertz CT molecular complexity index is 920. The molecule has 1 aliphatic carbocycles. The third-order valence-corrected chi connectivity index (χ3v) is 5.63. The molecule has 170 valence electrons. The first-order valence-electron chi connectivity index (χ1n) is 11.0. The number of carbonyl (C=O) groups is 3. The fourth-order valence-corrected chi connectivity index (χ4v) is 3.86. The van der Waals surface area contributed by atoms with Crippen LogP contribution >= 0.6 is 0 Å². The molecule has 0 atom stereocenters. The zero-order chi connectivity index (χ0) is 22.8. The number of benzene rings is 2. The van der Waals surface area contributed by atoms with Crippen LogP contribution in [0.15, 0.2) is 48.5 Å². The van der Waals surface area contributed by atoms with Gasteiger partial charge in [-0.1, -0.05) is 44.2 Å². The summed E-state index contributed by atoms with van der Waals surface area (Å²) in [5.74, 6) is 0.123. The largest absolute Gasteiger partial charge is 0.495 e. The van der Waals surface area contributed by atoms with E-state index in [2.05, 4.69) is 10.6 Å². The number of anilines is 2. The zero-order valence-electron chi connectivity index (χ0n) is 18.4. The Morgan fingerprint density at radius 1 is 0.938 bits per heavy atom. The van der Waals surface area contributed by atoms with Gasteiger partial charge in [0.25, 0.3) is 11.8 Å². The zero-order valence-corrected chi connectivity index (χ0v) is 18.4. The van der Waals surface area contributed by atoms with Crippen molar-refractivity contribution >= 4 is 29.2 Å². The first kappa shape index (κ1) is 23.3. The van der Waals surface area contributed by atoms with E-state index in [0.717, 1.165) is 6.42 Å². The Morgan fingerprint density at radius 3 is 2.38 bits per heavy atom. The smallest absolute Gasteiger partial charge is 0.306 e. The van der Waals surface area contributed by atoms with Gasteiger partial charge in [-0.05, 0) is 48.7 Å². The monoisotopic (exact) mass is 438 g/mol. The molecule has 1 aliphatic rings. The van der Waals surface area contributed by atoms with Crippen molar-refractivity contribution in [3.05, 3.63) is 54.1 Å². The fraction of sp³-hybridized carbons (Fsp3) is 0.400. The van der Waals surface area contributed by atoms with Gasteiger partial charge in [-0.3, -0.25) is 14.4 Å². The van der Waals surface area contributed by atoms with Crippen molar-refractivity contribution in [1.82, 2.24) is 0 Å². The van der Waals surface area contributed by atoms with Crippen LogP contribution in [0.1, 0.15) is 55.3 Å². The second-order valence-corrected chi connectivity index (χ2v) is 7.98. The van der Waals surface area contributed by atoms with Crippen LogP contribution in [0.5, 0.6) is 5.75 Å². The van der Waals surface area contributed by atoms with Crippen LogP contribution in [0.25, 0.3) is 0 Å². The lowest BCUT2D eigenvalue weighted by Gasteiger charge is -2.20. The summed E-state index contributed by atoms with van der Waals surface area (Å²) in [6, 6.07) is 13.6. The first-order chi connectivity index (χ1) is 15.5. The molecule has 0 spiro atoms. The molecule has 0 unspecified atom stereocenters. The molecule has 7 heteroatoms. The van der Waals surface area contributed by atoms with Gasteiger partial charge < -0.3 is 20.1 Å². The third-order valence-electron chi connectivity index (χ3n) is 5.63. The lowest BCUT2D eigenvalue weighted by molar-refractivity contribution is -0.147. The normalized spacial score (nSPS) is 13.8. The van der Waals surface area contributed by atoms with Crippen molar-refractivity contribution in [2.75, 3.05) is 24.4 Å². The van der Waals surface area contributed by atoms with Gasteiger partial charge in [0.15, 0.2) is 6.61 Å². The van der Waals surface area contributed by atoms with E-state index in [1.807, 2.05) is 6.07 Å². The lowest BCUT2D eigenvalue weighted by atomic mass is 9.86. The van der Waals surface area contributed by atoms with Crippen LogP contribution in [0.3, 0.4) is 0 Å². The summed E-state index contributed by atoms with van der Waals surface area (Å²) in [4.78, 5) is 36.4. The van der Waals surface area contributed by atoms with Crippen molar-refractivity contribution in [3.63, 3.8) is 0 Å². The number of rotatable bonds is 9. The molecule has 0 aliphatic heterocycles. The number of hydrogen-bond acceptors (Lipinski definition) is 5. The average Bonchev–Trinajstić information content (AvgIpc) is 2.83. The minimum absolute atomic E-state index is 0.292. The quantitative estimate of drug-likeness (QED) is 0.549. The number of para-hydroxylation sites is 2. The summed E-state index contributed by atoms with van der Waals surface area (Å²) in [6.07, 6.45) is 7.31. The van der Waals surface area contributed by atoms with Crippen molar-refractivity contribution in [3.8, 4) is 5.75 Å². The topological polar surface area (TPSA) is 93.7 Å². The fourth-order valence-electron chi connectivity index (χ4n) is 3.86. The number of carbonyl (C=O) groups excluding carboxylic acids is 3. The predicted molar refractivity (Wildman–Crippen MR) is 123 cm³/mol. The molecular formula is C25H30N2O5. The van der Waals surface area contributed by atoms with E-state index < -0.39 is 5.91 Å². The lowest BCUT2D eigenvalue weighted by Crippen LogP contribution is -2.21. The Labute approximate surface area is 188 Å². The highest BCUT2D eigenvalue weighted by Gasteiger charge is 2.16. The average molecular weight is 439 g/mol. The Kier molecular flexibility index (Phi) is 8.66. The highest BCUT2D eigenvalue weighted by Crippen LogP contribution is 2.27. The molecule has 32 heavy (non-hydrogen) atoms. The summed E-state index contributed by atoms with van der Waals surface area (Å²) in [6.45, 7) is -0.320. The van der Waals surface area contributed by atoms with Crippen LogP contribution in [-0.2, 0) is 14.3 Å². The van der Waals surface area contributed by atoms with E-state index in [1.165, 1.54) is 39.2 Å². The van der Waals surface area contributed by atoms with Crippen LogP contribution in [0, 0.1) is 5.92 Å². The maximum atomic E-state index is 12.5. The van der Waals surface area contributed by atoms with Crippen molar-refractivity contribution in [2.24, 2.45) is 5.92 Å². The molecule has 2 amide bonds. The molecule has 1 fully saturated rings. The highest BCUT2D eigenvalue weighted by atomic mass is 16.5. The maximum Gasteiger partial charge on any atom is 0.306 e. The number of methoxy groups -OCH3 is 1. The number of nitrogens with one attached hydrogen (secondary N) is 2. The van der Waals surface area contributed by atoms with E-state index in [0.29, 0.717) is 35.0 Å². The molecule has 0 bridgehead atoms. The summed E-state index contributed by atoms with van der Waals surface area (Å²) in [7, 11) is 1.54. The summed E-state index contributed by atoms with van der Waals surface area (Å²) in [5, 5.41) is 5.47. The maximum absolute atomic E-state index is 12.5. The Hall–Kier alpha value is -3.35. The number of amides is 2. The second kappa shape index (κ2) is 11.9. The van der Waals surface area contributed by atoms with Crippen LogP contribution in [0.2, 0.25) is 0 Å². The van der Waals surface area contributed by atoms with Gasteiger partial charge in [0.1, 0.15) is 5.75 Å². The number of esters is 1. The first-order valence-corrected chi connectivity index (χ1v) is 11.0. The van der Waals surface area contributed by atoms with Crippen LogP contribution < -0.4 is 15.4 Å². The van der Waals surface area contributed by atoms with Gasteiger partial charge in [-0.25, -0.2) is 0 Å². The minimum Gasteiger partial charge on any atom is -0.495 e.